The highest BCUT2D eigenvalue weighted by Crippen LogP contribution is 2.48. The maximum absolute atomic E-state index is 12.6. The van der Waals surface area contributed by atoms with Gasteiger partial charge in [-0.05, 0) is 63.5 Å². The molecule has 3 rings (SSSR count). The van der Waals surface area contributed by atoms with E-state index in [9.17, 15) is 4.79 Å². The topological polar surface area (TPSA) is 58.4 Å². The van der Waals surface area contributed by atoms with Gasteiger partial charge < -0.3 is 16.0 Å². The van der Waals surface area contributed by atoms with Crippen LogP contribution in [0.15, 0.2) is 24.3 Å². The summed E-state index contributed by atoms with van der Waals surface area (Å²) in [6.07, 6.45) is 4.02. The molecular weight excluding hydrogens is 250 g/mol. The number of piperidine rings is 1. The first-order valence-electron chi connectivity index (χ1n) is 7.46. The van der Waals surface area contributed by atoms with Gasteiger partial charge >= 0.3 is 0 Å². The molecule has 0 unspecified atom stereocenters. The molecular formula is C16H23N3O. The summed E-state index contributed by atoms with van der Waals surface area (Å²) in [6, 6.07) is 8.11. The smallest absolute Gasteiger partial charge is 0.230 e. The van der Waals surface area contributed by atoms with Crippen LogP contribution < -0.4 is 11.1 Å². The van der Waals surface area contributed by atoms with Gasteiger partial charge in [0, 0.05) is 11.7 Å². The minimum absolute atomic E-state index is 0.205. The lowest BCUT2D eigenvalue weighted by atomic mass is 9.93. The number of hydrogen-bond donors (Lipinski definition) is 2. The second-order valence-corrected chi connectivity index (χ2v) is 6.26. The van der Waals surface area contributed by atoms with Gasteiger partial charge in [-0.25, -0.2) is 0 Å². The summed E-state index contributed by atoms with van der Waals surface area (Å²) in [7, 11) is 2.13. The van der Waals surface area contributed by atoms with Crippen molar-refractivity contribution < 1.29 is 4.79 Å². The van der Waals surface area contributed by atoms with Crippen molar-refractivity contribution >= 4 is 11.6 Å². The predicted octanol–water partition coefficient (Wildman–Crippen LogP) is 1.51. The molecule has 1 saturated carbocycles. The Hall–Kier alpha value is -1.55. The molecule has 4 heteroatoms. The summed E-state index contributed by atoms with van der Waals surface area (Å²) in [5.74, 6) is 0.205. The molecule has 20 heavy (non-hydrogen) atoms. The Kier molecular flexibility index (Phi) is 3.42. The molecule has 1 amide bonds. The van der Waals surface area contributed by atoms with Crippen LogP contribution >= 0.6 is 0 Å². The van der Waals surface area contributed by atoms with Gasteiger partial charge in [-0.3, -0.25) is 4.79 Å². The predicted molar refractivity (Wildman–Crippen MR) is 80.4 cm³/mol. The van der Waals surface area contributed by atoms with Crippen molar-refractivity contribution in [2.75, 3.05) is 25.9 Å². The number of anilines is 1. The number of rotatable bonds is 3. The number of amides is 1. The monoisotopic (exact) mass is 273 g/mol. The highest BCUT2D eigenvalue weighted by atomic mass is 16.2. The zero-order valence-corrected chi connectivity index (χ0v) is 12.1. The van der Waals surface area contributed by atoms with Crippen LogP contribution in [0.2, 0.25) is 0 Å². The SMILES string of the molecule is CN1CCC(NC(=O)C2(c3ccc(N)cc3)CC2)CC1. The molecule has 1 aliphatic carbocycles. The Morgan fingerprint density at radius 3 is 2.40 bits per heavy atom. The molecule has 3 N–H and O–H groups in total. The van der Waals surface area contributed by atoms with Crippen LogP contribution in [-0.4, -0.2) is 37.0 Å². The Balaban J connectivity index is 1.66. The van der Waals surface area contributed by atoms with Gasteiger partial charge in [-0.2, -0.15) is 0 Å². The first-order chi connectivity index (χ1) is 9.60. The number of nitrogens with one attached hydrogen (secondary N) is 1. The van der Waals surface area contributed by atoms with Gasteiger partial charge in [-0.15, -0.1) is 0 Å². The normalized spacial score (nSPS) is 22.4. The number of benzene rings is 1. The second-order valence-electron chi connectivity index (χ2n) is 6.26. The van der Waals surface area contributed by atoms with Crippen LogP contribution in [-0.2, 0) is 10.2 Å². The van der Waals surface area contributed by atoms with E-state index in [0.717, 1.165) is 50.0 Å². The van der Waals surface area contributed by atoms with Crippen LogP contribution in [0.4, 0.5) is 5.69 Å². The van der Waals surface area contributed by atoms with Gasteiger partial charge in [0.05, 0.1) is 5.41 Å². The molecule has 1 saturated heterocycles. The van der Waals surface area contributed by atoms with Gasteiger partial charge in [0.2, 0.25) is 5.91 Å². The van der Waals surface area contributed by atoms with Crippen LogP contribution in [0.1, 0.15) is 31.2 Å². The van der Waals surface area contributed by atoms with Crippen molar-refractivity contribution in [1.29, 1.82) is 0 Å². The van der Waals surface area contributed by atoms with E-state index in [1.165, 1.54) is 0 Å². The highest BCUT2D eigenvalue weighted by Gasteiger charge is 2.51. The van der Waals surface area contributed by atoms with E-state index < -0.39 is 0 Å². The first-order valence-corrected chi connectivity index (χ1v) is 7.46. The van der Waals surface area contributed by atoms with Gasteiger partial charge in [0.15, 0.2) is 0 Å². The molecule has 108 valence electrons. The largest absolute Gasteiger partial charge is 0.399 e. The van der Waals surface area contributed by atoms with Crippen molar-refractivity contribution in [2.24, 2.45) is 0 Å². The zero-order valence-electron chi connectivity index (χ0n) is 12.1. The van der Waals surface area contributed by atoms with Crippen LogP contribution in [0, 0.1) is 0 Å². The summed E-state index contributed by atoms with van der Waals surface area (Å²) in [6.45, 7) is 2.14. The van der Waals surface area contributed by atoms with Crippen LogP contribution in [0.3, 0.4) is 0 Å². The number of likely N-dealkylation sites (tertiary alicyclic amines) is 1. The fourth-order valence-corrected chi connectivity index (χ4v) is 3.05. The molecule has 4 nitrogen and oxygen atoms in total. The molecule has 1 aromatic carbocycles. The average molecular weight is 273 g/mol. The third-order valence-electron chi connectivity index (χ3n) is 4.70. The molecule has 0 spiro atoms. The van der Waals surface area contributed by atoms with E-state index in [1.54, 1.807) is 0 Å². The average Bonchev–Trinajstić information content (AvgIpc) is 3.24. The molecule has 1 heterocycles. The van der Waals surface area contributed by atoms with E-state index in [0.29, 0.717) is 6.04 Å². The molecule has 0 radical (unpaired) electrons. The van der Waals surface area contributed by atoms with Crippen LogP contribution in [0.25, 0.3) is 0 Å². The van der Waals surface area contributed by atoms with Crippen molar-refractivity contribution in [3.05, 3.63) is 29.8 Å². The maximum atomic E-state index is 12.6. The molecule has 2 aliphatic rings. The lowest BCUT2D eigenvalue weighted by molar-refractivity contribution is -0.124. The Morgan fingerprint density at radius 1 is 1.25 bits per heavy atom. The van der Waals surface area contributed by atoms with E-state index in [4.69, 9.17) is 5.73 Å². The number of nitrogens with zero attached hydrogens (tertiary/aromatic N) is 1. The second kappa shape index (κ2) is 5.09. The lowest BCUT2D eigenvalue weighted by Gasteiger charge is -2.30. The minimum atomic E-state index is -0.281. The minimum Gasteiger partial charge on any atom is -0.399 e. The Bertz CT molecular complexity index is 485. The maximum Gasteiger partial charge on any atom is 0.230 e. The third-order valence-corrected chi connectivity index (χ3v) is 4.70. The van der Waals surface area contributed by atoms with Gasteiger partial charge in [0.1, 0.15) is 0 Å². The summed E-state index contributed by atoms with van der Waals surface area (Å²) in [4.78, 5) is 14.9. The fourth-order valence-electron chi connectivity index (χ4n) is 3.05. The van der Waals surface area contributed by atoms with Crippen molar-refractivity contribution in [1.82, 2.24) is 10.2 Å². The highest BCUT2D eigenvalue weighted by molar-refractivity contribution is 5.91. The molecule has 0 bridgehead atoms. The third kappa shape index (κ3) is 2.52. The molecule has 1 aromatic rings. The summed E-state index contributed by atoms with van der Waals surface area (Å²) in [5, 5.41) is 3.26. The van der Waals surface area contributed by atoms with E-state index in [2.05, 4.69) is 17.3 Å². The van der Waals surface area contributed by atoms with E-state index >= 15 is 0 Å². The van der Waals surface area contributed by atoms with E-state index in [-0.39, 0.29) is 11.3 Å². The Labute approximate surface area is 120 Å². The zero-order chi connectivity index (χ0) is 14.2. The number of carbonyl (C=O) groups excluding carboxylic acids is 1. The first kappa shape index (κ1) is 13.4. The summed E-state index contributed by atoms with van der Waals surface area (Å²) in [5.41, 5.74) is 7.30. The van der Waals surface area contributed by atoms with Gasteiger partial charge in [-0.1, -0.05) is 12.1 Å². The fraction of sp³-hybridized carbons (Fsp3) is 0.562. The van der Waals surface area contributed by atoms with Crippen LogP contribution in [0.5, 0.6) is 0 Å². The molecule has 0 atom stereocenters. The number of nitrogens with two attached hydrogens (primary N) is 1. The Morgan fingerprint density at radius 2 is 1.85 bits per heavy atom. The summed E-state index contributed by atoms with van der Waals surface area (Å²) >= 11 is 0. The van der Waals surface area contributed by atoms with Crippen molar-refractivity contribution in [2.45, 2.75) is 37.1 Å². The number of carbonyl (C=O) groups is 1. The molecule has 0 aromatic heterocycles. The van der Waals surface area contributed by atoms with Crippen molar-refractivity contribution in [3.8, 4) is 0 Å². The van der Waals surface area contributed by atoms with E-state index in [1.807, 2.05) is 24.3 Å². The van der Waals surface area contributed by atoms with Gasteiger partial charge in [0.25, 0.3) is 0 Å². The standard InChI is InChI=1S/C16H23N3O/c1-19-10-6-14(7-11-19)18-15(20)16(8-9-16)12-2-4-13(17)5-3-12/h2-5,14H,6-11,17H2,1H3,(H,18,20). The quantitative estimate of drug-likeness (QED) is 0.821. The molecule has 1 aliphatic heterocycles. The number of nitrogen functional groups attached to an aromatic ring is 1. The summed E-state index contributed by atoms with van der Waals surface area (Å²) < 4.78 is 0. The number of hydrogen-bond acceptors (Lipinski definition) is 3. The van der Waals surface area contributed by atoms with Crippen molar-refractivity contribution in [3.63, 3.8) is 0 Å². The lowest BCUT2D eigenvalue weighted by Crippen LogP contribution is -2.46. The molecule has 2 fully saturated rings.